The van der Waals surface area contributed by atoms with E-state index < -0.39 is 23.5 Å². The number of hydrogen-bond acceptors (Lipinski definition) is 10. The molecule has 0 radical (unpaired) electrons. The first-order chi connectivity index (χ1) is 30.8. The van der Waals surface area contributed by atoms with Gasteiger partial charge in [-0.3, -0.25) is 19.4 Å². The summed E-state index contributed by atoms with van der Waals surface area (Å²) in [6.45, 7) is 3.36. The molecule has 18 heteroatoms. The van der Waals surface area contributed by atoms with Crippen LogP contribution in [0.2, 0.25) is 0 Å². The first-order valence-corrected chi connectivity index (χ1v) is 23.0. The molecule has 12 nitrogen and oxygen atoms in total. The molecule has 0 atom stereocenters. The van der Waals surface area contributed by atoms with Crippen LogP contribution in [0.1, 0.15) is 101 Å². The van der Waals surface area contributed by atoms with E-state index in [1.165, 1.54) is 115 Å². The molecule has 64 heavy (non-hydrogen) atoms. The molecule has 5 aliphatic rings. The van der Waals surface area contributed by atoms with Crippen molar-refractivity contribution in [1.82, 2.24) is 40.4 Å². The fourth-order valence-corrected chi connectivity index (χ4v) is 10.4. The number of anilines is 2. The van der Waals surface area contributed by atoms with Gasteiger partial charge in [-0.15, -0.1) is 0 Å². The quantitative estimate of drug-likeness (QED) is 0.109. The molecule has 4 N–H and O–H groups in total. The number of rotatable bonds is 11. The van der Waals surface area contributed by atoms with Crippen molar-refractivity contribution in [3.63, 3.8) is 0 Å². The van der Waals surface area contributed by atoms with Crippen molar-refractivity contribution in [2.45, 2.75) is 126 Å². The summed E-state index contributed by atoms with van der Waals surface area (Å²) in [5.41, 5.74) is -0.763. The average molecular weight is 897 g/mol. The van der Waals surface area contributed by atoms with Gasteiger partial charge in [0.15, 0.2) is 0 Å². The number of alkyl halides is 6. The van der Waals surface area contributed by atoms with E-state index in [0.29, 0.717) is 23.1 Å². The van der Waals surface area contributed by atoms with Crippen LogP contribution in [0.3, 0.4) is 0 Å². The zero-order chi connectivity index (χ0) is 44.8. The van der Waals surface area contributed by atoms with Crippen LogP contribution in [-0.2, 0) is 21.9 Å². The van der Waals surface area contributed by atoms with Crippen LogP contribution in [0.5, 0.6) is 0 Å². The zero-order valence-corrected chi connectivity index (χ0v) is 36.0. The lowest BCUT2D eigenvalue weighted by Crippen LogP contribution is -2.63. The molecule has 2 amide bonds. The molecule has 346 valence electrons. The Balaban J connectivity index is 0.000000178. The van der Waals surface area contributed by atoms with Crippen LogP contribution in [0.25, 0.3) is 21.8 Å². The van der Waals surface area contributed by atoms with E-state index in [1.54, 1.807) is 0 Å². The van der Waals surface area contributed by atoms with Gasteiger partial charge in [0.1, 0.15) is 24.3 Å². The number of halogens is 6. The summed E-state index contributed by atoms with van der Waals surface area (Å²) in [5.74, 6) is 1.92. The van der Waals surface area contributed by atoms with Crippen molar-refractivity contribution >= 4 is 45.3 Å². The third-order valence-electron chi connectivity index (χ3n) is 14.0. The maximum Gasteiger partial charge on any atom is 0.416 e. The number of nitrogens with zero attached hydrogens (tertiary/aromatic N) is 6. The van der Waals surface area contributed by atoms with Gasteiger partial charge in [0.05, 0.1) is 47.3 Å². The van der Waals surface area contributed by atoms with Gasteiger partial charge in [0.25, 0.3) is 0 Å². The second kappa shape index (κ2) is 20.1. The molecule has 4 aromatic rings. The topological polar surface area (TPSA) is 140 Å². The SMILES string of the molecule is O=C(CNc1ncnc2ccc(C(F)(F)F)cc12)NC1CN(C2CCC(C3CCCCC3)CC2)C1.O=C(CNc1ncnc2ccc(C(F)(F)F)cc12)NC1CN(C2CCCCC2)C1. The van der Waals surface area contributed by atoms with Crippen LogP contribution < -0.4 is 21.3 Å². The predicted octanol–water partition coefficient (Wildman–Crippen LogP) is 8.19. The monoisotopic (exact) mass is 896 g/mol. The molecule has 2 saturated heterocycles. The van der Waals surface area contributed by atoms with Crippen molar-refractivity contribution < 1.29 is 35.9 Å². The number of benzene rings is 2. The van der Waals surface area contributed by atoms with Crippen LogP contribution >= 0.6 is 0 Å². The molecule has 0 spiro atoms. The standard InChI is InChI=1S/C26H34F3N5O.C20H24F3N5O/c27-26(28,29)19-8-11-23-22(12-19)25(32-16-31-23)30-13-24(35)33-20-14-34(15-20)21-9-6-18(7-10-21)17-4-2-1-3-5-17;21-20(22,23)13-6-7-17-16(8-13)19(26-12-25-17)24-9-18(29)27-14-10-28(11-14)15-4-2-1-3-5-15/h8,11-12,16-18,20-21H,1-7,9-10,13-15H2,(H,33,35)(H,30,31,32);6-8,12,14-15H,1-5,9-11H2,(H,27,29)(H,24,25,26). The first-order valence-electron chi connectivity index (χ1n) is 23.0. The van der Waals surface area contributed by atoms with Gasteiger partial charge < -0.3 is 21.3 Å². The Bertz CT molecular complexity index is 2210. The third kappa shape index (κ3) is 11.5. The number of hydrogen-bond donors (Lipinski definition) is 4. The molecule has 0 unspecified atom stereocenters. The van der Waals surface area contributed by atoms with Crippen LogP contribution in [0.15, 0.2) is 49.1 Å². The number of aromatic nitrogens is 4. The zero-order valence-electron chi connectivity index (χ0n) is 36.0. The van der Waals surface area contributed by atoms with E-state index in [0.717, 1.165) is 62.3 Å². The third-order valence-corrected chi connectivity index (χ3v) is 14.0. The van der Waals surface area contributed by atoms with Crippen molar-refractivity contribution in [1.29, 1.82) is 0 Å². The largest absolute Gasteiger partial charge is 0.416 e. The lowest BCUT2D eigenvalue weighted by atomic mass is 9.72. The molecule has 3 aliphatic carbocycles. The van der Waals surface area contributed by atoms with Crippen molar-refractivity contribution in [3.8, 4) is 0 Å². The maximum absolute atomic E-state index is 13.1. The minimum Gasteiger partial charge on any atom is -0.360 e. The number of amides is 2. The highest BCUT2D eigenvalue weighted by molar-refractivity contribution is 5.92. The predicted molar refractivity (Wildman–Crippen MR) is 232 cm³/mol. The minimum atomic E-state index is -4.45. The second-order valence-electron chi connectivity index (χ2n) is 18.3. The van der Waals surface area contributed by atoms with Gasteiger partial charge in [-0.25, -0.2) is 19.9 Å². The summed E-state index contributed by atoms with van der Waals surface area (Å²) in [6, 6.07) is 8.16. The number of fused-ring (bicyclic) bond motifs is 2. The highest BCUT2D eigenvalue weighted by Crippen LogP contribution is 2.40. The molecular formula is C46H58F6N10O2. The molecule has 2 aromatic carbocycles. The van der Waals surface area contributed by atoms with Gasteiger partial charge in [-0.05, 0) is 86.8 Å². The van der Waals surface area contributed by atoms with E-state index in [2.05, 4.69) is 51.0 Å². The fraction of sp³-hybridized carbons (Fsp3) is 0.609. The Morgan fingerprint density at radius 2 is 0.938 bits per heavy atom. The smallest absolute Gasteiger partial charge is 0.360 e. The number of carbonyl (C=O) groups excluding carboxylic acids is 2. The lowest BCUT2D eigenvalue weighted by molar-refractivity contribution is -0.138. The Labute approximate surface area is 369 Å². The first kappa shape index (κ1) is 45.7. The molecule has 4 heterocycles. The summed E-state index contributed by atoms with van der Waals surface area (Å²) >= 11 is 0. The Morgan fingerprint density at radius 1 is 0.531 bits per heavy atom. The van der Waals surface area contributed by atoms with Crippen molar-refractivity contribution in [2.24, 2.45) is 11.8 Å². The molecule has 9 rings (SSSR count). The van der Waals surface area contributed by atoms with E-state index in [9.17, 15) is 35.9 Å². The number of likely N-dealkylation sites (tertiary alicyclic amines) is 2. The normalized spacial score (nSPS) is 22.2. The van der Waals surface area contributed by atoms with Gasteiger partial charge in [-0.1, -0.05) is 51.4 Å². The maximum atomic E-state index is 13.1. The summed E-state index contributed by atoms with van der Waals surface area (Å²) < 4.78 is 78.2. The van der Waals surface area contributed by atoms with Crippen LogP contribution in [0, 0.1) is 11.8 Å². The second-order valence-corrected chi connectivity index (χ2v) is 18.3. The van der Waals surface area contributed by atoms with Gasteiger partial charge in [-0.2, -0.15) is 26.3 Å². The Kier molecular flexibility index (Phi) is 14.4. The highest BCUT2D eigenvalue weighted by atomic mass is 19.4. The number of nitrogens with one attached hydrogen (secondary N) is 4. The van der Waals surface area contributed by atoms with Crippen LogP contribution in [0.4, 0.5) is 38.0 Å². The average Bonchev–Trinajstić information content (AvgIpc) is 3.27. The Hall–Kier alpha value is -4.84. The van der Waals surface area contributed by atoms with Gasteiger partial charge in [0.2, 0.25) is 11.8 Å². The molecule has 5 fully saturated rings. The highest BCUT2D eigenvalue weighted by Gasteiger charge is 2.38. The molecule has 0 bridgehead atoms. The molecule has 3 saturated carbocycles. The summed E-state index contributed by atoms with van der Waals surface area (Å²) in [5, 5.41) is 12.2. The van der Waals surface area contributed by atoms with Crippen molar-refractivity contribution in [3.05, 3.63) is 60.2 Å². The number of carbonyl (C=O) groups is 2. The fourth-order valence-electron chi connectivity index (χ4n) is 10.4. The summed E-state index contributed by atoms with van der Waals surface area (Å²) in [6.07, 6.45) is 12.3. The van der Waals surface area contributed by atoms with Crippen LogP contribution in [-0.4, -0.2) is 105 Å². The lowest BCUT2D eigenvalue weighted by Gasteiger charge is -2.47. The van der Waals surface area contributed by atoms with E-state index in [4.69, 9.17) is 0 Å². The van der Waals surface area contributed by atoms with E-state index in [-0.39, 0.29) is 59.4 Å². The summed E-state index contributed by atoms with van der Waals surface area (Å²) in [7, 11) is 0. The molecule has 2 aromatic heterocycles. The molecule has 2 aliphatic heterocycles. The molecular weight excluding hydrogens is 839 g/mol. The van der Waals surface area contributed by atoms with E-state index >= 15 is 0 Å². The van der Waals surface area contributed by atoms with Gasteiger partial charge in [0, 0.05) is 49.0 Å². The minimum absolute atomic E-state index is 0.0502. The van der Waals surface area contributed by atoms with Gasteiger partial charge >= 0.3 is 12.4 Å². The van der Waals surface area contributed by atoms with E-state index in [1.807, 2.05) is 0 Å². The summed E-state index contributed by atoms with van der Waals surface area (Å²) in [4.78, 5) is 45.7. The van der Waals surface area contributed by atoms with Crippen molar-refractivity contribution in [2.75, 3.05) is 49.9 Å². The Morgan fingerprint density at radius 3 is 1.38 bits per heavy atom.